The largest absolute Gasteiger partial charge is 0.496 e. The first-order valence-corrected chi connectivity index (χ1v) is 7.18. The lowest BCUT2D eigenvalue weighted by atomic mass is 10.00. The number of nitro benzene ring substituents is 1. The van der Waals surface area contributed by atoms with Crippen molar-refractivity contribution in [3.8, 4) is 5.75 Å². The smallest absolute Gasteiger partial charge is 0.336 e. The van der Waals surface area contributed by atoms with Gasteiger partial charge in [-0.1, -0.05) is 18.2 Å². The van der Waals surface area contributed by atoms with Crippen molar-refractivity contribution >= 4 is 23.3 Å². The van der Waals surface area contributed by atoms with Crippen molar-refractivity contribution < 1.29 is 19.6 Å². The Balaban J connectivity index is 2.54. The average molecular weight is 327 g/mol. The van der Waals surface area contributed by atoms with Crippen LogP contribution in [-0.4, -0.2) is 23.1 Å². The predicted molar refractivity (Wildman–Crippen MR) is 91.1 cm³/mol. The van der Waals surface area contributed by atoms with Gasteiger partial charge in [-0.05, 0) is 48.7 Å². The number of rotatable bonds is 5. The molecule has 0 bridgehead atoms. The second-order valence-electron chi connectivity index (χ2n) is 5.35. The van der Waals surface area contributed by atoms with E-state index in [2.05, 4.69) is 0 Å². The quantitative estimate of drug-likeness (QED) is 0.390. The molecule has 0 heterocycles. The lowest BCUT2D eigenvalue weighted by Gasteiger charge is -2.08. The van der Waals surface area contributed by atoms with Crippen LogP contribution in [0.25, 0.3) is 11.6 Å². The zero-order valence-electron chi connectivity index (χ0n) is 13.6. The van der Waals surface area contributed by atoms with E-state index in [1.807, 2.05) is 6.92 Å². The van der Waals surface area contributed by atoms with Gasteiger partial charge in [0.25, 0.3) is 5.69 Å². The van der Waals surface area contributed by atoms with Gasteiger partial charge in [-0.2, -0.15) is 0 Å². The first kappa shape index (κ1) is 17.2. The molecule has 0 aliphatic carbocycles. The molecule has 2 aromatic carbocycles. The van der Waals surface area contributed by atoms with Crippen LogP contribution >= 0.6 is 0 Å². The minimum Gasteiger partial charge on any atom is -0.496 e. The second-order valence-corrected chi connectivity index (χ2v) is 5.35. The third kappa shape index (κ3) is 3.60. The minimum atomic E-state index is -1.11. The molecule has 0 fully saturated rings. The molecule has 0 radical (unpaired) electrons. The first-order valence-electron chi connectivity index (χ1n) is 7.18. The molecule has 0 aliphatic rings. The molecule has 2 rings (SSSR count). The normalized spacial score (nSPS) is 11.2. The van der Waals surface area contributed by atoms with Crippen molar-refractivity contribution in [1.29, 1.82) is 0 Å². The molecule has 6 heteroatoms. The van der Waals surface area contributed by atoms with E-state index in [0.717, 1.165) is 5.56 Å². The molecule has 6 nitrogen and oxygen atoms in total. The van der Waals surface area contributed by atoms with Gasteiger partial charge in [-0.25, -0.2) is 4.79 Å². The fraction of sp³-hybridized carbons (Fsp3) is 0.167. The molecule has 2 aromatic rings. The number of hydrogen-bond donors (Lipinski definition) is 1. The highest BCUT2D eigenvalue weighted by atomic mass is 16.6. The van der Waals surface area contributed by atoms with Gasteiger partial charge in [-0.15, -0.1) is 0 Å². The number of nitrogens with zero attached hydrogens (tertiary/aromatic N) is 1. The molecule has 0 spiro atoms. The zero-order valence-corrected chi connectivity index (χ0v) is 13.6. The van der Waals surface area contributed by atoms with Gasteiger partial charge >= 0.3 is 5.97 Å². The van der Waals surface area contributed by atoms with Crippen molar-refractivity contribution in [2.24, 2.45) is 0 Å². The van der Waals surface area contributed by atoms with Crippen LogP contribution in [-0.2, 0) is 4.79 Å². The maximum absolute atomic E-state index is 11.6. The highest BCUT2D eigenvalue weighted by molar-refractivity contribution is 6.20. The van der Waals surface area contributed by atoms with E-state index in [9.17, 15) is 20.0 Å². The summed E-state index contributed by atoms with van der Waals surface area (Å²) in [6.45, 7) is 3.45. The Hall–Kier alpha value is -3.15. The average Bonchev–Trinajstić information content (AvgIpc) is 2.53. The highest BCUT2D eigenvalue weighted by Gasteiger charge is 2.15. The van der Waals surface area contributed by atoms with Crippen LogP contribution in [0.2, 0.25) is 0 Å². The van der Waals surface area contributed by atoms with E-state index in [4.69, 9.17) is 4.74 Å². The lowest BCUT2D eigenvalue weighted by Crippen LogP contribution is -2.01. The van der Waals surface area contributed by atoms with Crippen LogP contribution in [0.3, 0.4) is 0 Å². The fourth-order valence-corrected chi connectivity index (χ4v) is 2.39. The molecule has 0 aromatic heterocycles. The molecule has 0 saturated heterocycles. The van der Waals surface area contributed by atoms with Crippen LogP contribution in [0.15, 0.2) is 36.4 Å². The van der Waals surface area contributed by atoms with Crippen LogP contribution in [0.1, 0.15) is 22.3 Å². The van der Waals surface area contributed by atoms with E-state index in [-0.39, 0.29) is 11.3 Å². The van der Waals surface area contributed by atoms with Crippen molar-refractivity contribution in [3.63, 3.8) is 0 Å². The van der Waals surface area contributed by atoms with Gasteiger partial charge in [-0.3, -0.25) is 10.1 Å². The topological polar surface area (TPSA) is 89.7 Å². The van der Waals surface area contributed by atoms with E-state index in [1.165, 1.54) is 12.1 Å². The van der Waals surface area contributed by atoms with E-state index >= 15 is 0 Å². The summed E-state index contributed by atoms with van der Waals surface area (Å²) in [5.74, 6) is -0.447. The van der Waals surface area contributed by atoms with Gasteiger partial charge in [0.05, 0.1) is 17.6 Å². The number of aryl methyl sites for hydroxylation is 2. The molecule has 0 saturated carbocycles. The standard InChI is InChI=1S/C18H17NO5/c1-11-4-5-13(10-16(11)19(22)23)9-15(18(20)21)14-6-7-17(24-3)12(2)8-14/h4-10H,1-3H3,(H,20,21)/b15-9-. The van der Waals surface area contributed by atoms with Crippen molar-refractivity contribution in [3.05, 3.63) is 68.8 Å². The summed E-state index contributed by atoms with van der Waals surface area (Å²) in [5.41, 5.74) is 2.30. The summed E-state index contributed by atoms with van der Waals surface area (Å²) in [6.07, 6.45) is 1.43. The predicted octanol–water partition coefficient (Wildman–Crippen LogP) is 3.85. The summed E-state index contributed by atoms with van der Waals surface area (Å²) in [5, 5.41) is 20.5. The van der Waals surface area contributed by atoms with Crippen LogP contribution in [0.4, 0.5) is 5.69 Å². The maximum Gasteiger partial charge on any atom is 0.336 e. The Bertz CT molecular complexity index is 839. The molecule has 124 valence electrons. The van der Waals surface area contributed by atoms with Crippen molar-refractivity contribution in [2.75, 3.05) is 7.11 Å². The van der Waals surface area contributed by atoms with Gasteiger partial charge in [0, 0.05) is 11.6 Å². The Morgan fingerprint density at radius 1 is 1.17 bits per heavy atom. The summed E-state index contributed by atoms with van der Waals surface area (Å²) in [4.78, 5) is 22.2. The molecular formula is C18H17NO5. The number of nitro groups is 1. The van der Waals surface area contributed by atoms with Crippen molar-refractivity contribution in [1.82, 2.24) is 0 Å². The summed E-state index contributed by atoms with van der Waals surface area (Å²) in [7, 11) is 1.54. The van der Waals surface area contributed by atoms with Gasteiger partial charge in [0.15, 0.2) is 0 Å². The monoisotopic (exact) mass is 327 g/mol. The molecule has 0 aliphatic heterocycles. The molecule has 0 atom stereocenters. The summed E-state index contributed by atoms with van der Waals surface area (Å²) in [6, 6.07) is 9.67. The number of carbonyl (C=O) groups is 1. The Morgan fingerprint density at radius 2 is 1.88 bits per heavy atom. The Kier molecular flexibility index (Phi) is 4.99. The highest BCUT2D eigenvalue weighted by Crippen LogP contribution is 2.27. The summed E-state index contributed by atoms with van der Waals surface area (Å²) >= 11 is 0. The number of aliphatic carboxylic acids is 1. The number of hydrogen-bond acceptors (Lipinski definition) is 4. The SMILES string of the molecule is COc1ccc(/C(=C/c2ccc(C)c([N+](=O)[O-])c2)C(=O)O)cc1C. The van der Waals surface area contributed by atoms with Crippen LogP contribution in [0.5, 0.6) is 5.75 Å². The van der Waals surface area contributed by atoms with Gasteiger partial charge in [0.1, 0.15) is 5.75 Å². The third-order valence-corrected chi connectivity index (χ3v) is 3.68. The number of benzene rings is 2. The molecule has 0 amide bonds. The minimum absolute atomic E-state index is 0.0422. The van der Waals surface area contributed by atoms with E-state index in [1.54, 1.807) is 44.4 Å². The Morgan fingerprint density at radius 3 is 2.42 bits per heavy atom. The zero-order chi connectivity index (χ0) is 17.9. The fourth-order valence-electron chi connectivity index (χ4n) is 2.39. The second kappa shape index (κ2) is 6.95. The number of ether oxygens (including phenoxy) is 1. The maximum atomic E-state index is 11.6. The number of methoxy groups -OCH3 is 1. The third-order valence-electron chi connectivity index (χ3n) is 3.68. The molecule has 1 N–H and O–H groups in total. The van der Waals surface area contributed by atoms with Gasteiger partial charge < -0.3 is 9.84 Å². The van der Waals surface area contributed by atoms with E-state index < -0.39 is 10.9 Å². The van der Waals surface area contributed by atoms with Gasteiger partial charge in [0.2, 0.25) is 0 Å². The summed E-state index contributed by atoms with van der Waals surface area (Å²) < 4.78 is 5.17. The molecular weight excluding hydrogens is 310 g/mol. The number of carboxylic acid groups (broad SMARTS) is 1. The molecule has 24 heavy (non-hydrogen) atoms. The Labute approximate surface area is 139 Å². The van der Waals surface area contributed by atoms with E-state index in [0.29, 0.717) is 22.4 Å². The van der Waals surface area contributed by atoms with Crippen molar-refractivity contribution in [2.45, 2.75) is 13.8 Å². The lowest BCUT2D eigenvalue weighted by molar-refractivity contribution is -0.385. The van der Waals surface area contributed by atoms with Crippen LogP contribution < -0.4 is 4.74 Å². The molecule has 0 unspecified atom stereocenters. The first-order chi connectivity index (χ1) is 11.3. The van der Waals surface area contributed by atoms with Crippen LogP contribution in [0, 0.1) is 24.0 Å². The number of carboxylic acids is 1.